The van der Waals surface area contributed by atoms with Gasteiger partial charge in [-0.2, -0.15) is 0 Å². The molecule has 2 atom stereocenters. The second-order valence-corrected chi connectivity index (χ2v) is 4.57. The Balaban J connectivity index is 1.82. The second kappa shape index (κ2) is 5.26. The van der Waals surface area contributed by atoms with Crippen LogP contribution in [0.15, 0.2) is 24.4 Å². The molecule has 0 aliphatic heterocycles. The molecule has 1 N–H and O–H groups in total. The Morgan fingerprint density at radius 1 is 1.33 bits per heavy atom. The highest BCUT2D eigenvalue weighted by molar-refractivity contribution is 5.03. The first-order valence-corrected chi connectivity index (χ1v) is 5.99. The fourth-order valence-electron chi connectivity index (χ4n) is 2.36. The van der Waals surface area contributed by atoms with Gasteiger partial charge in [0.1, 0.15) is 0 Å². The van der Waals surface area contributed by atoms with E-state index in [2.05, 4.69) is 23.3 Å². The highest BCUT2D eigenvalue weighted by Gasteiger charge is 2.20. The summed E-state index contributed by atoms with van der Waals surface area (Å²) in [4.78, 5) is 4.33. The lowest BCUT2D eigenvalue weighted by Crippen LogP contribution is -2.36. The van der Waals surface area contributed by atoms with E-state index in [1.165, 1.54) is 25.7 Å². The molecule has 2 heteroatoms. The average Bonchev–Trinajstić information content (AvgIpc) is 2.29. The lowest BCUT2D eigenvalue weighted by molar-refractivity contribution is 0.278. The van der Waals surface area contributed by atoms with Crippen molar-refractivity contribution in [3.63, 3.8) is 0 Å². The Hall–Kier alpha value is -0.890. The number of hydrogen-bond donors (Lipinski definition) is 1. The van der Waals surface area contributed by atoms with E-state index in [1.807, 2.05) is 18.3 Å². The molecule has 0 unspecified atom stereocenters. The third-order valence-corrected chi connectivity index (χ3v) is 3.38. The van der Waals surface area contributed by atoms with Crippen LogP contribution in [0.1, 0.15) is 38.3 Å². The van der Waals surface area contributed by atoms with Gasteiger partial charge in [-0.3, -0.25) is 4.98 Å². The molecule has 1 aromatic heterocycles. The zero-order valence-electron chi connectivity index (χ0n) is 9.45. The predicted octanol–water partition coefficient (Wildman–Crippen LogP) is 2.75. The minimum atomic E-state index is 0.695. The summed E-state index contributed by atoms with van der Waals surface area (Å²) in [7, 11) is 0. The molecule has 2 nitrogen and oxygen atoms in total. The van der Waals surface area contributed by atoms with E-state index in [0.717, 1.165) is 18.2 Å². The van der Waals surface area contributed by atoms with Crippen molar-refractivity contribution in [1.29, 1.82) is 0 Å². The third-order valence-electron chi connectivity index (χ3n) is 3.38. The molecule has 1 fully saturated rings. The van der Waals surface area contributed by atoms with Crippen molar-refractivity contribution >= 4 is 0 Å². The van der Waals surface area contributed by atoms with Gasteiger partial charge >= 0.3 is 0 Å². The Kier molecular flexibility index (Phi) is 3.73. The third kappa shape index (κ3) is 3.03. The molecule has 1 heterocycles. The van der Waals surface area contributed by atoms with Crippen molar-refractivity contribution < 1.29 is 0 Å². The number of nitrogens with one attached hydrogen (secondary N) is 1. The molecular formula is C13H20N2. The maximum atomic E-state index is 4.33. The lowest BCUT2D eigenvalue weighted by Gasteiger charge is -2.29. The van der Waals surface area contributed by atoms with E-state index >= 15 is 0 Å². The molecule has 1 aliphatic rings. The van der Waals surface area contributed by atoms with E-state index in [4.69, 9.17) is 0 Å². The zero-order valence-corrected chi connectivity index (χ0v) is 9.45. The molecule has 0 radical (unpaired) electrons. The molecule has 1 saturated carbocycles. The first-order valence-electron chi connectivity index (χ1n) is 5.99. The quantitative estimate of drug-likeness (QED) is 0.819. The summed E-state index contributed by atoms with van der Waals surface area (Å²) in [5.74, 6) is 0.822. The minimum Gasteiger partial charge on any atom is -0.308 e. The molecule has 0 bridgehead atoms. The van der Waals surface area contributed by atoms with Gasteiger partial charge in [-0.25, -0.2) is 0 Å². The molecule has 82 valence electrons. The van der Waals surface area contributed by atoms with Gasteiger partial charge in [-0.1, -0.05) is 25.8 Å². The fourth-order valence-corrected chi connectivity index (χ4v) is 2.36. The van der Waals surface area contributed by atoms with Gasteiger partial charge < -0.3 is 5.32 Å². The molecule has 1 aromatic rings. The minimum absolute atomic E-state index is 0.695. The average molecular weight is 204 g/mol. The highest BCUT2D eigenvalue weighted by atomic mass is 14.9. The molecule has 0 saturated heterocycles. The molecule has 0 amide bonds. The van der Waals surface area contributed by atoms with Crippen molar-refractivity contribution in [3.8, 4) is 0 Å². The highest BCUT2D eigenvalue weighted by Crippen LogP contribution is 2.23. The first kappa shape index (κ1) is 10.6. The SMILES string of the molecule is C[C@@H]1CCCC[C@H]1NCc1ccccn1. The number of aromatic nitrogens is 1. The van der Waals surface area contributed by atoms with Gasteiger partial charge in [0.05, 0.1) is 5.69 Å². The Bertz CT molecular complexity index is 284. The summed E-state index contributed by atoms with van der Waals surface area (Å²) in [6, 6.07) is 6.79. The topological polar surface area (TPSA) is 24.9 Å². The standard InChI is InChI=1S/C13H20N2/c1-11-6-2-3-8-13(11)15-10-12-7-4-5-9-14-12/h4-5,7,9,11,13,15H,2-3,6,8,10H2,1H3/t11-,13-/m1/s1. The van der Waals surface area contributed by atoms with Crippen molar-refractivity contribution in [1.82, 2.24) is 10.3 Å². The van der Waals surface area contributed by atoms with Crippen LogP contribution in [0.2, 0.25) is 0 Å². The summed E-state index contributed by atoms with van der Waals surface area (Å²) in [5.41, 5.74) is 1.15. The Morgan fingerprint density at radius 2 is 2.20 bits per heavy atom. The maximum absolute atomic E-state index is 4.33. The van der Waals surface area contributed by atoms with Gasteiger partial charge in [0.2, 0.25) is 0 Å². The van der Waals surface area contributed by atoms with Crippen molar-refractivity contribution in [2.45, 2.75) is 45.2 Å². The smallest absolute Gasteiger partial charge is 0.0541 e. The summed E-state index contributed by atoms with van der Waals surface area (Å²) in [6.07, 6.45) is 7.35. The van der Waals surface area contributed by atoms with Gasteiger partial charge in [-0.05, 0) is 30.9 Å². The number of hydrogen-bond acceptors (Lipinski definition) is 2. The molecule has 15 heavy (non-hydrogen) atoms. The van der Waals surface area contributed by atoms with Gasteiger partial charge in [0, 0.05) is 18.8 Å². The number of pyridine rings is 1. The predicted molar refractivity (Wildman–Crippen MR) is 62.5 cm³/mol. The van der Waals surface area contributed by atoms with Crippen molar-refractivity contribution in [2.75, 3.05) is 0 Å². The van der Waals surface area contributed by atoms with Crippen LogP contribution in [0.5, 0.6) is 0 Å². The van der Waals surface area contributed by atoms with Gasteiger partial charge in [-0.15, -0.1) is 0 Å². The summed E-state index contributed by atoms with van der Waals surface area (Å²) < 4.78 is 0. The molecule has 2 rings (SSSR count). The van der Waals surface area contributed by atoms with E-state index in [-0.39, 0.29) is 0 Å². The van der Waals surface area contributed by atoms with Crippen LogP contribution in [0, 0.1) is 5.92 Å². The molecule has 0 aromatic carbocycles. The van der Waals surface area contributed by atoms with Crippen LogP contribution in [0.3, 0.4) is 0 Å². The molecular weight excluding hydrogens is 184 g/mol. The monoisotopic (exact) mass is 204 g/mol. The number of rotatable bonds is 3. The van der Waals surface area contributed by atoms with E-state index < -0.39 is 0 Å². The van der Waals surface area contributed by atoms with Crippen molar-refractivity contribution in [2.24, 2.45) is 5.92 Å². The van der Waals surface area contributed by atoms with E-state index in [1.54, 1.807) is 0 Å². The van der Waals surface area contributed by atoms with Crippen LogP contribution in [-0.4, -0.2) is 11.0 Å². The maximum Gasteiger partial charge on any atom is 0.0541 e. The van der Waals surface area contributed by atoms with Gasteiger partial charge in [0.25, 0.3) is 0 Å². The van der Waals surface area contributed by atoms with Crippen LogP contribution >= 0.6 is 0 Å². The van der Waals surface area contributed by atoms with Crippen LogP contribution in [0.4, 0.5) is 0 Å². The zero-order chi connectivity index (χ0) is 10.5. The number of nitrogens with zero attached hydrogens (tertiary/aromatic N) is 1. The Labute approximate surface area is 92.1 Å². The summed E-state index contributed by atoms with van der Waals surface area (Å²) >= 11 is 0. The van der Waals surface area contributed by atoms with Crippen LogP contribution < -0.4 is 5.32 Å². The molecule has 1 aliphatic carbocycles. The summed E-state index contributed by atoms with van der Waals surface area (Å²) in [6.45, 7) is 3.27. The van der Waals surface area contributed by atoms with Gasteiger partial charge in [0.15, 0.2) is 0 Å². The first-order chi connectivity index (χ1) is 7.36. The van der Waals surface area contributed by atoms with E-state index in [9.17, 15) is 0 Å². The van der Waals surface area contributed by atoms with E-state index in [0.29, 0.717) is 6.04 Å². The normalized spacial score (nSPS) is 26.5. The van der Waals surface area contributed by atoms with Crippen LogP contribution in [-0.2, 0) is 6.54 Å². The largest absolute Gasteiger partial charge is 0.308 e. The molecule has 0 spiro atoms. The second-order valence-electron chi connectivity index (χ2n) is 4.57. The van der Waals surface area contributed by atoms with Crippen LogP contribution in [0.25, 0.3) is 0 Å². The summed E-state index contributed by atoms with van der Waals surface area (Å²) in [5, 5.41) is 3.63. The Morgan fingerprint density at radius 3 is 2.93 bits per heavy atom. The fraction of sp³-hybridized carbons (Fsp3) is 0.615. The van der Waals surface area contributed by atoms with Crippen molar-refractivity contribution in [3.05, 3.63) is 30.1 Å². The lowest BCUT2D eigenvalue weighted by atomic mass is 9.86.